The van der Waals surface area contributed by atoms with Crippen LogP contribution in [-0.4, -0.2) is 59.5 Å². The van der Waals surface area contributed by atoms with Gasteiger partial charge in [0.25, 0.3) is 5.91 Å². The number of rotatable bonds is 4. The average molecular weight is 391 g/mol. The summed E-state index contributed by atoms with van der Waals surface area (Å²) in [5.41, 5.74) is 2.12. The number of aromatic nitrogens is 1. The molecule has 1 amide bonds. The third-order valence-electron chi connectivity index (χ3n) is 6.77. The molecule has 2 aromatic rings. The van der Waals surface area contributed by atoms with E-state index in [1.54, 1.807) is 6.20 Å². The van der Waals surface area contributed by atoms with Crippen LogP contribution in [0.25, 0.3) is 0 Å². The number of carbonyl (C=O) groups is 1. The minimum Gasteiger partial charge on any atom is -0.355 e. The maximum atomic E-state index is 12.6. The van der Waals surface area contributed by atoms with Crippen LogP contribution in [0.5, 0.6) is 0 Å². The SMILES string of the molecule is O=C(c1ccc(N2C[C@@H]3CC[C@H](C2)N(Cc2ccccc2)C3)nc1)N1CCCC1. The topological polar surface area (TPSA) is 39.7 Å². The zero-order chi connectivity index (χ0) is 19.6. The molecule has 2 atom stereocenters. The number of anilines is 1. The van der Waals surface area contributed by atoms with Gasteiger partial charge in [-0.2, -0.15) is 0 Å². The third-order valence-corrected chi connectivity index (χ3v) is 6.77. The molecule has 6 rings (SSSR count). The molecule has 5 heteroatoms. The van der Waals surface area contributed by atoms with Gasteiger partial charge in [0.2, 0.25) is 0 Å². The smallest absolute Gasteiger partial charge is 0.255 e. The highest BCUT2D eigenvalue weighted by molar-refractivity contribution is 5.94. The van der Waals surface area contributed by atoms with Crippen LogP contribution >= 0.6 is 0 Å². The summed E-state index contributed by atoms with van der Waals surface area (Å²) in [4.78, 5) is 24.3. The van der Waals surface area contributed by atoms with Crippen LogP contribution in [0, 0.1) is 5.92 Å². The summed E-state index contributed by atoms with van der Waals surface area (Å²) in [5.74, 6) is 1.83. The largest absolute Gasteiger partial charge is 0.355 e. The van der Waals surface area contributed by atoms with Crippen molar-refractivity contribution in [2.45, 2.75) is 38.3 Å². The molecule has 0 radical (unpaired) electrons. The lowest BCUT2D eigenvalue weighted by atomic mass is 9.94. The van der Waals surface area contributed by atoms with Crippen molar-refractivity contribution in [1.29, 1.82) is 0 Å². The highest BCUT2D eigenvalue weighted by Crippen LogP contribution is 2.31. The van der Waals surface area contributed by atoms with Crippen molar-refractivity contribution in [2.24, 2.45) is 5.92 Å². The van der Waals surface area contributed by atoms with E-state index in [0.717, 1.165) is 56.9 Å². The van der Waals surface area contributed by atoms with Gasteiger partial charge in [0.05, 0.1) is 5.56 Å². The van der Waals surface area contributed by atoms with Gasteiger partial charge in [-0.05, 0) is 49.3 Å². The van der Waals surface area contributed by atoms with Gasteiger partial charge < -0.3 is 9.80 Å². The lowest BCUT2D eigenvalue weighted by molar-refractivity contribution is 0.0792. The Balaban J connectivity index is 1.28. The van der Waals surface area contributed by atoms with E-state index in [4.69, 9.17) is 4.98 Å². The Bertz CT molecular complexity index is 832. The zero-order valence-corrected chi connectivity index (χ0v) is 17.0. The van der Waals surface area contributed by atoms with Crippen molar-refractivity contribution in [3.05, 3.63) is 59.8 Å². The predicted octanol–water partition coefficient (Wildman–Crippen LogP) is 3.42. The number of amides is 1. The Morgan fingerprint density at radius 3 is 2.55 bits per heavy atom. The number of likely N-dealkylation sites (tertiary alicyclic amines) is 1. The number of fused-ring (bicyclic) bond motifs is 4. The van der Waals surface area contributed by atoms with Crippen molar-refractivity contribution in [1.82, 2.24) is 14.8 Å². The first-order chi connectivity index (χ1) is 14.3. The second-order valence-corrected chi connectivity index (χ2v) is 8.82. The standard InChI is InChI=1S/C24H30N4O/c29-24(26-12-4-5-13-26)21-9-11-23(25-14-21)28-17-20-8-10-22(18-28)27(16-20)15-19-6-2-1-3-7-19/h1-3,6-7,9,11,14,20,22H,4-5,8,10,12-13,15-18H2/t20-,22-/m1/s1. The minimum absolute atomic E-state index is 0.131. The summed E-state index contributed by atoms with van der Waals surface area (Å²) in [6.07, 6.45) is 6.59. The normalized spacial score (nSPS) is 24.7. The van der Waals surface area contributed by atoms with Gasteiger partial charge in [-0.3, -0.25) is 9.69 Å². The molecule has 4 saturated heterocycles. The molecular formula is C24H30N4O. The van der Waals surface area contributed by atoms with Gasteiger partial charge in [-0.1, -0.05) is 30.3 Å². The van der Waals surface area contributed by atoms with Crippen molar-refractivity contribution in [2.75, 3.05) is 37.6 Å². The van der Waals surface area contributed by atoms with Gasteiger partial charge in [0, 0.05) is 51.5 Å². The van der Waals surface area contributed by atoms with Crippen LogP contribution < -0.4 is 4.90 Å². The fourth-order valence-corrected chi connectivity index (χ4v) is 5.18. The van der Waals surface area contributed by atoms with Crippen LogP contribution in [0.4, 0.5) is 5.82 Å². The zero-order valence-electron chi connectivity index (χ0n) is 17.0. The minimum atomic E-state index is 0.131. The molecule has 0 aliphatic carbocycles. The van der Waals surface area contributed by atoms with Crippen LogP contribution in [0.15, 0.2) is 48.7 Å². The summed E-state index contributed by atoms with van der Waals surface area (Å²) in [6.45, 7) is 6.05. The number of piperidine rings is 1. The second kappa shape index (κ2) is 8.15. The van der Waals surface area contributed by atoms with Crippen molar-refractivity contribution in [3.63, 3.8) is 0 Å². The number of hydrogen-bond acceptors (Lipinski definition) is 4. The van der Waals surface area contributed by atoms with Gasteiger partial charge in [0.1, 0.15) is 5.82 Å². The first-order valence-corrected chi connectivity index (χ1v) is 11.0. The molecule has 152 valence electrons. The van der Waals surface area contributed by atoms with E-state index in [-0.39, 0.29) is 5.91 Å². The van der Waals surface area contributed by atoms with E-state index in [2.05, 4.69) is 46.2 Å². The van der Waals surface area contributed by atoms with Crippen molar-refractivity contribution in [3.8, 4) is 0 Å². The number of hydrogen-bond donors (Lipinski definition) is 0. The molecule has 2 bridgehead atoms. The number of carbonyl (C=O) groups excluding carboxylic acids is 1. The monoisotopic (exact) mass is 390 g/mol. The Kier molecular flexibility index (Phi) is 5.23. The van der Waals surface area contributed by atoms with Crippen LogP contribution in [-0.2, 0) is 6.54 Å². The Morgan fingerprint density at radius 2 is 1.79 bits per heavy atom. The first kappa shape index (κ1) is 18.6. The molecule has 4 fully saturated rings. The lowest BCUT2D eigenvalue weighted by Crippen LogP contribution is -2.43. The van der Waals surface area contributed by atoms with E-state index in [9.17, 15) is 4.79 Å². The molecule has 29 heavy (non-hydrogen) atoms. The molecule has 0 N–H and O–H groups in total. The summed E-state index contributed by atoms with van der Waals surface area (Å²) in [6, 6.07) is 15.4. The highest BCUT2D eigenvalue weighted by atomic mass is 16.2. The Hall–Kier alpha value is -2.40. The molecule has 1 aromatic carbocycles. The van der Waals surface area contributed by atoms with Crippen molar-refractivity contribution < 1.29 is 4.79 Å². The molecular weight excluding hydrogens is 360 g/mol. The Morgan fingerprint density at radius 1 is 0.966 bits per heavy atom. The van der Waals surface area contributed by atoms with Gasteiger partial charge >= 0.3 is 0 Å². The maximum Gasteiger partial charge on any atom is 0.255 e. The predicted molar refractivity (Wildman–Crippen MR) is 115 cm³/mol. The fourth-order valence-electron chi connectivity index (χ4n) is 5.18. The van der Waals surface area contributed by atoms with Crippen LogP contribution in [0.2, 0.25) is 0 Å². The Labute approximate surface area is 173 Å². The summed E-state index contributed by atoms with van der Waals surface area (Å²) in [5, 5.41) is 0. The van der Waals surface area contributed by atoms with Gasteiger partial charge in [0.15, 0.2) is 0 Å². The fraction of sp³-hybridized carbons (Fsp3) is 0.500. The van der Waals surface area contributed by atoms with E-state index < -0.39 is 0 Å². The number of benzene rings is 1. The molecule has 5 nitrogen and oxygen atoms in total. The summed E-state index contributed by atoms with van der Waals surface area (Å²) < 4.78 is 0. The summed E-state index contributed by atoms with van der Waals surface area (Å²) in [7, 11) is 0. The third kappa shape index (κ3) is 4.01. The van der Waals surface area contributed by atoms with Gasteiger partial charge in [-0.15, -0.1) is 0 Å². The quantitative estimate of drug-likeness (QED) is 0.802. The summed E-state index contributed by atoms with van der Waals surface area (Å²) >= 11 is 0. The molecule has 0 unspecified atom stereocenters. The average Bonchev–Trinajstić information content (AvgIpc) is 3.16. The van der Waals surface area contributed by atoms with E-state index in [1.807, 2.05) is 11.0 Å². The molecule has 0 spiro atoms. The molecule has 0 saturated carbocycles. The molecule has 4 aliphatic heterocycles. The van der Waals surface area contributed by atoms with Gasteiger partial charge in [-0.25, -0.2) is 4.98 Å². The van der Waals surface area contributed by atoms with Crippen molar-refractivity contribution >= 4 is 11.7 Å². The van der Waals surface area contributed by atoms with E-state index >= 15 is 0 Å². The van der Waals surface area contributed by atoms with Crippen LogP contribution in [0.1, 0.15) is 41.6 Å². The molecule has 5 heterocycles. The molecule has 4 aliphatic rings. The highest BCUT2D eigenvalue weighted by Gasteiger charge is 2.35. The first-order valence-electron chi connectivity index (χ1n) is 11.0. The second-order valence-electron chi connectivity index (χ2n) is 8.82. The number of pyridine rings is 1. The lowest BCUT2D eigenvalue weighted by Gasteiger charge is -2.36. The van der Waals surface area contributed by atoms with Crippen LogP contribution in [0.3, 0.4) is 0 Å². The van der Waals surface area contributed by atoms with E-state index in [1.165, 1.54) is 24.9 Å². The maximum absolute atomic E-state index is 12.6. The number of nitrogens with zero attached hydrogens (tertiary/aromatic N) is 4. The molecule has 1 aromatic heterocycles. The van der Waals surface area contributed by atoms with E-state index in [0.29, 0.717) is 12.0 Å².